The second kappa shape index (κ2) is 6.09. The lowest BCUT2D eigenvalue weighted by Gasteiger charge is -2.19. The third-order valence-electron chi connectivity index (χ3n) is 2.50. The summed E-state index contributed by atoms with van der Waals surface area (Å²) in [5.41, 5.74) is -2.73. The van der Waals surface area contributed by atoms with Crippen molar-refractivity contribution in [2.24, 2.45) is 0 Å². The number of anilines is 1. The van der Waals surface area contributed by atoms with Crippen LogP contribution in [-0.4, -0.2) is 22.6 Å². The summed E-state index contributed by atoms with van der Waals surface area (Å²) in [5, 5.41) is 2.39. The molecule has 1 amide bonds. The predicted molar refractivity (Wildman–Crippen MR) is 71.5 cm³/mol. The van der Waals surface area contributed by atoms with Crippen molar-refractivity contribution >= 4 is 23.2 Å². The molecule has 2 aromatic rings. The molecule has 2 N–H and O–H groups in total. The summed E-state index contributed by atoms with van der Waals surface area (Å²) in [6.45, 7) is 0. The number of hydrogen-bond donors (Lipinski definition) is 2. The average Bonchev–Trinajstić information content (AvgIpc) is 2.94. The minimum absolute atomic E-state index is 0.0271. The SMILES string of the molecule is O=C(Nc1ccccc1OC(F)(F)C(F)Cl)c1cc[nH]c1. The van der Waals surface area contributed by atoms with Gasteiger partial charge in [-0.3, -0.25) is 4.79 Å². The highest BCUT2D eigenvalue weighted by molar-refractivity contribution is 6.20. The van der Waals surface area contributed by atoms with Gasteiger partial charge in [0.2, 0.25) is 0 Å². The van der Waals surface area contributed by atoms with Gasteiger partial charge in [-0.2, -0.15) is 8.78 Å². The first-order chi connectivity index (χ1) is 9.90. The molecule has 4 nitrogen and oxygen atoms in total. The molecule has 8 heteroatoms. The van der Waals surface area contributed by atoms with Gasteiger partial charge >= 0.3 is 6.11 Å². The van der Waals surface area contributed by atoms with E-state index in [4.69, 9.17) is 11.6 Å². The van der Waals surface area contributed by atoms with Crippen LogP contribution in [0.15, 0.2) is 42.7 Å². The fraction of sp³-hybridized carbons (Fsp3) is 0.154. The Morgan fingerprint density at radius 2 is 2.05 bits per heavy atom. The van der Waals surface area contributed by atoms with Gasteiger partial charge in [-0.05, 0) is 18.2 Å². The molecular weight excluding hydrogens is 309 g/mol. The Morgan fingerprint density at radius 1 is 1.33 bits per heavy atom. The molecule has 0 aliphatic carbocycles. The van der Waals surface area contributed by atoms with E-state index in [1.54, 1.807) is 0 Å². The van der Waals surface area contributed by atoms with E-state index in [1.807, 2.05) is 0 Å². The van der Waals surface area contributed by atoms with Gasteiger partial charge in [0, 0.05) is 12.4 Å². The monoisotopic (exact) mass is 318 g/mol. The van der Waals surface area contributed by atoms with Crippen LogP contribution >= 0.6 is 11.6 Å². The molecule has 21 heavy (non-hydrogen) atoms. The third-order valence-corrected chi connectivity index (χ3v) is 2.75. The van der Waals surface area contributed by atoms with Gasteiger partial charge in [-0.15, -0.1) is 0 Å². The fourth-order valence-corrected chi connectivity index (χ4v) is 1.55. The number of H-pyrrole nitrogens is 1. The lowest BCUT2D eigenvalue weighted by atomic mass is 10.2. The Morgan fingerprint density at radius 3 is 2.67 bits per heavy atom. The van der Waals surface area contributed by atoms with Crippen LogP contribution in [0.1, 0.15) is 10.4 Å². The van der Waals surface area contributed by atoms with Gasteiger partial charge < -0.3 is 15.0 Å². The van der Waals surface area contributed by atoms with Crippen LogP contribution < -0.4 is 10.1 Å². The zero-order chi connectivity index (χ0) is 15.5. The molecule has 0 fully saturated rings. The van der Waals surface area contributed by atoms with Gasteiger partial charge in [-0.1, -0.05) is 23.7 Å². The molecule has 1 atom stereocenters. The molecule has 1 heterocycles. The summed E-state index contributed by atoms with van der Waals surface area (Å²) >= 11 is 4.73. The lowest BCUT2D eigenvalue weighted by Crippen LogP contribution is -2.33. The molecule has 0 radical (unpaired) electrons. The second-order valence-electron chi connectivity index (χ2n) is 4.01. The normalized spacial score (nSPS) is 12.8. The smallest absolute Gasteiger partial charge is 0.427 e. The van der Waals surface area contributed by atoms with Crippen LogP contribution in [-0.2, 0) is 0 Å². The standard InChI is InChI=1S/C13H10ClF3N2O2/c14-12(15)13(16,17)21-10-4-2-1-3-9(10)19-11(20)8-5-6-18-7-8/h1-7,12,18H,(H,19,20). The number of amides is 1. The Labute approximate surface area is 122 Å². The average molecular weight is 319 g/mol. The minimum Gasteiger partial charge on any atom is -0.427 e. The summed E-state index contributed by atoms with van der Waals surface area (Å²) in [6.07, 6.45) is -1.24. The lowest BCUT2D eigenvalue weighted by molar-refractivity contribution is -0.198. The number of hydrogen-bond acceptors (Lipinski definition) is 2. The Balaban J connectivity index is 2.19. The molecule has 1 unspecified atom stereocenters. The second-order valence-corrected chi connectivity index (χ2v) is 4.40. The molecule has 2 rings (SSSR count). The molecule has 0 aliphatic heterocycles. The van der Waals surface area contributed by atoms with E-state index >= 15 is 0 Å². The van der Waals surface area contributed by atoms with Crippen molar-refractivity contribution in [2.45, 2.75) is 11.7 Å². The molecular formula is C13H10ClF3N2O2. The molecule has 0 aliphatic rings. The quantitative estimate of drug-likeness (QED) is 0.824. The van der Waals surface area contributed by atoms with E-state index in [1.165, 1.54) is 42.7 Å². The number of benzene rings is 1. The fourth-order valence-electron chi connectivity index (χ4n) is 1.51. The number of nitrogens with one attached hydrogen (secondary N) is 2. The van der Waals surface area contributed by atoms with Crippen LogP contribution in [0.25, 0.3) is 0 Å². The van der Waals surface area contributed by atoms with Crippen molar-refractivity contribution in [3.8, 4) is 5.75 Å². The maximum atomic E-state index is 13.2. The Hall–Kier alpha value is -2.15. The Bertz CT molecular complexity index is 618. The van der Waals surface area contributed by atoms with Crippen LogP contribution in [0.3, 0.4) is 0 Å². The third kappa shape index (κ3) is 3.69. The first kappa shape index (κ1) is 15.2. The van der Waals surface area contributed by atoms with Gasteiger partial charge in [0.1, 0.15) is 5.75 Å². The maximum absolute atomic E-state index is 13.2. The molecule has 0 saturated heterocycles. The summed E-state index contributed by atoms with van der Waals surface area (Å²) < 4.78 is 43.2. The zero-order valence-electron chi connectivity index (χ0n) is 10.4. The van der Waals surface area contributed by atoms with Crippen molar-refractivity contribution in [2.75, 3.05) is 5.32 Å². The van der Waals surface area contributed by atoms with Crippen molar-refractivity contribution in [1.82, 2.24) is 4.98 Å². The molecule has 0 saturated carbocycles. The zero-order valence-corrected chi connectivity index (χ0v) is 11.2. The van der Waals surface area contributed by atoms with Crippen LogP contribution in [0, 0.1) is 0 Å². The van der Waals surface area contributed by atoms with E-state index in [2.05, 4.69) is 15.0 Å². The van der Waals surface area contributed by atoms with Gasteiger partial charge in [0.05, 0.1) is 11.3 Å². The van der Waals surface area contributed by atoms with Crippen molar-refractivity contribution in [3.63, 3.8) is 0 Å². The summed E-state index contributed by atoms with van der Waals surface area (Å²) in [6, 6.07) is 6.92. The highest BCUT2D eigenvalue weighted by Crippen LogP contribution is 2.33. The van der Waals surface area contributed by atoms with E-state index in [0.717, 1.165) is 0 Å². The first-order valence-corrected chi connectivity index (χ1v) is 6.22. The topological polar surface area (TPSA) is 54.1 Å². The van der Waals surface area contributed by atoms with Crippen molar-refractivity contribution in [1.29, 1.82) is 0 Å². The number of aromatic nitrogens is 1. The highest BCUT2D eigenvalue weighted by Gasteiger charge is 2.42. The predicted octanol–water partition coefficient (Wildman–Crippen LogP) is 3.77. The number of aromatic amines is 1. The molecule has 112 valence electrons. The van der Waals surface area contributed by atoms with Crippen LogP contribution in [0.4, 0.5) is 18.9 Å². The minimum atomic E-state index is -4.21. The van der Waals surface area contributed by atoms with Gasteiger partial charge in [-0.25, -0.2) is 4.39 Å². The number of ether oxygens (including phenoxy) is 1. The van der Waals surface area contributed by atoms with Gasteiger partial charge in [0.15, 0.2) is 0 Å². The highest BCUT2D eigenvalue weighted by atomic mass is 35.5. The van der Waals surface area contributed by atoms with E-state index in [-0.39, 0.29) is 5.69 Å². The van der Waals surface area contributed by atoms with Crippen molar-refractivity contribution in [3.05, 3.63) is 48.3 Å². The van der Waals surface area contributed by atoms with E-state index in [0.29, 0.717) is 5.56 Å². The molecule has 1 aromatic heterocycles. The number of rotatable bonds is 5. The largest absolute Gasteiger partial charge is 0.444 e. The molecule has 0 bridgehead atoms. The summed E-state index contributed by atoms with van der Waals surface area (Å²) in [5.74, 6) is -0.923. The van der Waals surface area contributed by atoms with Gasteiger partial charge in [0.25, 0.3) is 11.5 Å². The molecule has 0 spiro atoms. The number of carbonyl (C=O) groups excluding carboxylic acids is 1. The van der Waals surface area contributed by atoms with E-state index < -0.39 is 23.4 Å². The number of alkyl halides is 4. The summed E-state index contributed by atoms with van der Waals surface area (Å²) in [7, 11) is 0. The maximum Gasteiger partial charge on any atom is 0.444 e. The van der Waals surface area contributed by atoms with Crippen LogP contribution in [0.2, 0.25) is 0 Å². The van der Waals surface area contributed by atoms with Crippen molar-refractivity contribution < 1.29 is 22.7 Å². The number of carbonyl (C=O) groups is 1. The van der Waals surface area contributed by atoms with Crippen LogP contribution in [0.5, 0.6) is 5.75 Å². The number of halogens is 4. The Kier molecular flexibility index (Phi) is 4.42. The van der Waals surface area contributed by atoms with E-state index in [9.17, 15) is 18.0 Å². The number of para-hydroxylation sites is 2. The first-order valence-electron chi connectivity index (χ1n) is 5.78. The molecule has 1 aromatic carbocycles. The summed E-state index contributed by atoms with van der Waals surface area (Å²) in [4.78, 5) is 14.5.